The lowest BCUT2D eigenvalue weighted by Crippen LogP contribution is -2.47. The second kappa shape index (κ2) is 5.15. The van der Waals surface area contributed by atoms with Crippen LogP contribution in [0.25, 0.3) is 0 Å². The minimum absolute atomic E-state index is 0.344. The number of hydrogen-bond donors (Lipinski definition) is 0. The van der Waals surface area contributed by atoms with Crippen molar-refractivity contribution in [2.75, 3.05) is 14.1 Å². The van der Waals surface area contributed by atoms with Crippen LogP contribution in [0.2, 0.25) is 0 Å². The number of rotatable bonds is 4. The van der Waals surface area contributed by atoms with E-state index in [2.05, 4.69) is 0 Å². The predicted molar refractivity (Wildman–Crippen MR) is 77.5 cm³/mol. The average molecular weight is 259 g/mol. The summed E-state index contributed by atoms with van der Waals surface area (Å²) in [6.07, 6.45) is 14.4. The second-order valence-corrected chi connectivity index (χ2v) is 7.02. The molecule has 2 nitrogen and oxygen atoms in total. The van der Waals surface area contributed by atoms with Crippen LogP contribution in [0, 0.1) is 29.6 Å². The predicted octanol–water partition coefficient (Wildman–Crippen LogP) is 3.26. The van der Waals surface area contributed by atoms with Crippen molar-refractivity contribution in [1.82, 2.24) is 4.90 Å². The Hall–Kier alpha value is -1.05. The average Bonchev–Trinajstić information content (AvgIpc) is 2.33. The van der Waals surface area contributed by atoms with Gasteiger partial charge < -0.3 is 4.90 Å². The maximum absolute atomic E-state index is 12.4. The molecule has 0 spiro atoms. The minimum atomic E-state index is 0.344. The van der Waals surface area contributed by atoms with Crippen LogP contribution in [0.15, 0.2) is 24.4 Å². The zero-order chi connectivity index (χ0) is 13.4. The summed E-state index contributed by atoms with van der Waals surface area (Å²) in [5, 5.41) is 0. The highest BCUT2D eigenvalue weighted by atomic mass is 16.1. The lowest BCUT2D eigenvalue weighted by Gasteiger charge is -2.53. The molecule has 4 aliphatic carbocycles. The fourth-order valence-corrected chi connectivity index (χ4v) is 4.87. The van der Waals surface area contributed by atoms with Gasteiger partial charge in [0.15, 0.2) is 5.78 Å². The molecular weight excluding hydrogens is 234 g/mol. The highest BCUT2D eigenvalue weighted by molar-refractivity contribution is 5.92. The van der Waals surface area contributed by atoms with Crippen molar-refractivity contribution >= 4 is 5.78 Å². The number of nitrogens with zero attached hydrogens (tertiary/aromatic N) is 1. The van der Waals surface area contributed by atoms with Gasteiger partial charge in [0.25, 0.3) is 0 Å². The molecule has 0 radical (unpaired) electrons. The van der Waals surface area contributed by atoms with Gasteiger partial charge >= 0.3 is 0 Å². The van der Waals surface area contributed by atoms with Crippen molar-refractivity contribution in [2.24, 2.45) is 29.6 Å². The summed E-state index contributed by atoms with van der Waals surface area (Å²) in [4.78, 5) is 14.4. The molecule has 4 fully saturated rings. The minimum Gasteiger partial charge on any atom is -0.383 e. The molecule has 19 heavy (non-hydrogen) atoms. The van der Waals surface area contributed by atoms with E-state index < -0.39 is 0 Å². The van der Waals surface area contributed by atoms with Crippen molar-refractivity contribution < 1.29 is 4.79 Å². The SMILES string of the molecule is CN(C)/C=C\C=C\C(=O)C1C2CC3CC(C2)CC1C3. The van der Waals surface area contributed by atoms with Gasteiger partial charge in [-0.3, -0.25) is 4.79 Å². The van der Waals surface area contributed by atoms with Crippen molar-refractivity contribution in [3.63, 3.8) is 0 Å². The molecular formula is C17H25NO. The maximum Gasteiger partial charge on any atom is 0.159 e. The van der Waals surface area contributed by atoms with E-state index in [1.54, 1.807) is 0 Å². The molecule has 0 aromatic heterocycles. The first-order valence-electron chi connectivity index (χ1n) is 7.68. The first-order valence-corrected chi connectivity index (χ1v) is 7.68. The summed E-state index contributed by atoms with van der Waals surface area (Å²) in [7, 11) is 3.98. The molecule has 2 heteroatoms. The smallest absolute Gasteiger partial charge is 0.159 e. The summed E-state index contributed by atoms with van der Waals surface area (Å²) in [6.45, 7) is 0. The largest absolute Gasteiger partial charge is 0.383 e. The zero-order valence-electron chi connectivity index (χ0n) is 12.1. The Balaban J connectivity index is 1.64. The Bertz CT molecular complexity index is 379. The van der Waals surface area contributed by atoms with Gasteiger partial charge in [-0.2, -0.15) is 0 Å². The van der Waals surface area contributed by atoms with Gasteiger partial charge in [-0.1, -0.05) is 6.08 Å². The summed E-state index contributed by atoms with van der Waals surface area (Å²) in [5.41, 5.74) is 0. The third-order valence-corrected chi connectivity index (χ3v) is 5.31. The molecule has 4 aliphatic rings. The molecule has 0 aliphatic heterocycles. The number of ketones is 1. The van der Waals surface area contributed by atoms with Crippen molar-refractivity contribution in [1.29, 1.82) is 0 Å². The number of carbonyl (C=O) groups excluding carboxylic acids is 1. The summed E-state index contributed by atoms with van der Waals surface area (Å²) < 4.78 is 0. The van der Waals surface area contributed by atoms with Crippen LogP contribution in [0.5, 0.6) is 0 Å². The molecule has 0 unspecified atom stereocenters. The Morgan fingerprint density at radius 1 is 0.947 bits per heavy atom. The molecule has 0 aromatic rings. The fourth-order valence-electron chi connectivity index (χ4n) is 4.87. The Kier molecular flexibility index (Phi) is 3.51. The Morgan fingerprint density at radius 3 is 2.05 bits per heavy atom. The molecule has 0 N–H and O–H groups in total. The highest BCUT2D eigenvalue weighted by Crippen LogP contribution is 2.56. The van der Waals surface area contributed by atoms with E-state index in [-0.39, 0.29) is 0 Å². The van der Waals surface area contributed by atoms with Crippen molar-refractivity contribution in [3.05, 3.63) is 24.4 Å². The third-order valence-electron chi connectivity index (χ3n) is 5.31. The molecule has 4 saturated carbocycles. The van der Waals surface area contributed by atoms with E-state index >= 15 is 0 Å². The maximum atomic E-state index is 12.4. The molecule has 0 amide bonds. The standard InChI is InChI=1S/C17H25NO/c1-18(2)6-4-3-5-16(19)17-14-8-12-7-13(10-14)11-15(17)9-12/h3-6,12-15,17H,7-11H2,1-2H3/b5-3+,6-4-. The first kappa shape index (κ1) is 13.0. The van der Waals surface area contributed by atoms with Gasteiger partial charge in [-0.15, -0.1) is 0 Å². The summed E-state index contributed by atoms with van der Waals surface area (Å²) in [6, 6.07) is 0. The Morgan fingerprint density at radius 2 is 1.53 bits per heavy atom. The third kappa shape index (κ3) is 2.63. The highest BCUT2D eigenvalue weighted by Gasteiger charge is 2.49. The van der Waals surface area contributed by atoms with Crippen LogP contribution in [-0.4, -0.2) is 24.8 Å². The van der Waals surface area contributed by atoms with Crippen LogP contribution in [0.3, 0.4) is 0 Å². The quantitative estimate of drug-likeness (QED) is 0.570. The van der Waals surface area contributed by atoms with Gasteiger partial charge in [0, 0.05) is 20.0 Å². The lowest BCUT2D eigenvalue weighted by atomic mass is 9.51. The molecule has 104 valence electrons. The topological polar surface area (TPSA) is 20.3 Å². The van der Waals surface area contributed by atoms with Crippen LogP contribution in [-0.2, 0) is 4.79 Å². The van der Waals surface area contributed by atoms with Gasteiger partial charge in [-0.05, 0) is 74.1 Å². The first-order chi connectivity index (χ1) is 9.13. The van der Waals surface area contributed by atoms with E-state index in [1.165, 1.54) is 32.1 Å². The molecule has 0 heterocycles. The van der Waals surface area contributed by atoms with Crippen molar-refractivity contribution in [3.8, 4) is 0 Å². The summed E-state index contributed by atoms with van der Waals surface area (Å²) >= 11 is 0. The normalized spacial score (nSPS) is 40.4. The van der Waals surface area contributed by atoms with E-state index in [0.717, 1.165) is 11.8 Å². The monoisotopic (exact) mass is 259 g/mol. The van der Waals surface area contributed by atoms with Crippen LogP contribution >= 0.6 is 0 Å². The molecule has 4 bridgehead atoms. The van der Waals surface area contributed by atoms with E-state index in [9.17, 15) is 4.79 Å². The van der Waals surface area contributed by atoms with E-state index in [0.29, 0.717) is 23.5 Å². The van der Waals surface area contributed by atoms with E-state index in [4.69, 9.17) is 0 Å². The van der Waals surface area contributed by atoms with Gasteiger partial charge in [0.05, 0.1) is 0 Å². The van der Waals surface area contributed by atoms with Crippen LogP contribution in [0.4, 0.5) is 0 Å². The number of allylic oxidation sites excluding steroid dienone is 3. The number of carbonyl (C=O) groups is 1. The second-order valence-electron chi connectivity index (χ2n) is 7.02. The van der Waals surface area contributed by atoms with E-state index in [1.807, 2.05) is 43.4 Å². The number of hydrogen-bond acceptors (Lipinski definition) is 2. The molecule has 0 atom stereocenters. The summed E-state index contributed by atoms with van der Waals surface area (Å²) in [5.74, 6) is 4.03. The van der Waals surface area contributed by atoms with Crippen molar-refractivity contribution in [2.45, 2.75) is 32.1 Å². The molecule has 4 rings (SSSR count). The zero-order valence-corrected chi connectivity index (χ0v) is 12.1. The molecule has 0 aromatic carbocycles. The van der Waals surface area contributed by atoms with Gasteiger partial charge in [0.2, 0.25) is 0 Å². The van der Waals surface area contributed by atoms with Gasteiger partial charge in [0.1, 0.15) is 0 Å². The van der Waals surface area contributed by atoms with Crippen LogP contribution in [0.1, 0.15) is 32.1 Å². The lowest BCUT2D eigenvalue weighted by molar-refractivity contribution is -0.130. The Labute approximate surface area is 116 Å². The van der Waals surface area contributed by atoms with Crippen LogP contribution < -0.4 is 0 Å². The molecule has 0 saturated heterocycles. The fraction of sp³-hybridized carbons (Fsp3) is 0.706. The van der Waals surface area contributed by atoms with Gasteiger partial charge in [-0.25, -0.2) is 0 Å².